The van der Waals surface area contributed by atoms with Crippen molar-refractivity contribution in [2.45, 2.75) is 24.9 Å². The van der Waals surface area contributed by atoms with Gasteiger partial charge < -0.3 is 15.7 Å². The summed E-state index contributed by atoms with van der Waals surface area (Å²) >= 11 is 1.57. The van der Waals surface area contributed by atoms with Gasteiger partial charge in [0, 0.05) is 12.1 Å². The number of rotatable bonds is 6. The first kappa shape index (κ1) is 14.7. The van der Waals surface area contributed by atoms with Gasteiger partial charge in [-0.25, -0.2) is 4.79 Å². The number of benzene rings is 1. The molecule has 3 N–H and O–H groups in total. The molecule has 0 spiro atoms. The van der Waals surface area contributed by atoms with Gasteiger partial charge in [-0.15, -0.1) is 0 Å². The lowest BCUT2D eigenvalue weighted by atomic mass is 10.1. The summed E-state index contributed by atoms with van der Waals surface area (Å²) in [4.78, 5) is 23.3. The summed E-state index contributed by atoms with van der Waals surface area (Å²) in [6, 6.07) is 6.52. The molecule has 0 radical (unpaired) electrons. The summed E-state index contributed by atoms with van der Waals surface area (Å²) < 4.78 is 0. The van der Waals surface area contributed by atoms with Gasteiger partial charge in [0.05, 0.1) is 0 Å². The van der Waals surface area contributed by atoms with Gasteiger partial charge in [0.2, 0.25) is 5.91 Å². The normalized spacial score (nSPS) is 17.9. The van der Waals surface area contributed by atoms with Crippen LogP contribution in [0, 0.1) is 0 Å². The highest BCUT2D eigenvalue weighted by molar-refractivity contribution is 7.98. The van der Waals surface area contributed by atoms with E-state index in [0.29, 0.717) is 18.6 Å². The van der Waals surface area contributed by atoms with E-state index in [1.54, 1.807) is 11.8 Å². The van der Waals surface area contributed by atoms with E-state index in [9.17, 15) is 9.59 Å². The topological polar surface area (TPSA) is 78.4 Å². The molecular formula is C14H18N2O3S. The zero-order valence-corrected chi connectivity index (χ0v) is 12.1. The molecule has 1 aromatic carbocycles. The highest BCUT2D eigenvalue weighted by atomic mass is 32.2. The van der Waals surface area contributed by atoms with Gasteiger partial charge in [-0.05, 0) is 30.1 Å². The first-order valence-corrected chi connectivity index (χ1v) is 7.87. The fourth-order valence-corrected chi connectivity index (χ4v) is 2.69. The molecule has 1 aliphatic rings. The van der Waals surface area contributed by atoms with Crippen molar-refractivity contribution in [2.75, 3.05) is 17.3 Å². The summed E-state index contributed by atoms with van der Waals surface area (Å²) in [7, 11) is 0. The van der Waals surface area contributed by atoms with E-state index in [1.807, 2.05) is 30.5 Å². The summed E-state index contributed by atoms with van der Waals surface area (Å²) in [6.07, 6.45) is 2.94. The van der Waals surface area contributed by atoms with Crippen molar-refractivity contribution in [3.8, 4) is 0 Å². The van der Waals surface area contributed by atoms with Crippen molar-refractivity contribution in [1.82, 2.24) is 5.32 Å². The van der Waals surface area contributed by atoms with Gasteiger partial charge in [0.1, 0.15) is 12.1 Å². The SMILES string of the molecule is CSCCC(NC(=O)[C@@H]1Cc2ccccc2N1)C(=O)O. The molecule has 1 aliphatic heterocycles. The molecule has 0 aromatic heterocycles. The van der Waals surface area contributed by atoms with Crippen LogP contribution in [-0.4, -0.2) is 41.1 Å². The number of carbonyl (C=O) groups excluding carboxylic acids is 1. The van der Waals surface area contributed by atoms with E-state index in [4.69, 9.17) is 5.11 Å². The van der Waals surface area contributed by atoms with Crippen molar-refractivity contribution in [3.05, 3.63) is 29.8 Å². The van der Waals surface area contributed by atoms with Crippen LogP contribution in [0.25, 0.3) is 0 Å². The Hall–Kier alpha value is -1.69. The number of fused-ring (bicyclic) bond motifs is 1. The molecule has 5 nitrogen and oxygen atoms in total. The van der Waals surface area contributed by atoms with Crippen LogP contribution in [0.15, 0.2) is 24.3 Å². The third kappa shape index (κ3) is 3.45. The van der Waals surface area contributed by atoms with Crippen molar-refractivity contribution in [3.63, 3.8) is 0 Å². The van der Waals surface area contributed by atoms with Crippen LogP contribution in [0.5, 0.6) is 0 Å². The number of anilines is 1. The van der Waals surface area contributed by atoms with E-state index in [1.165, 1.54) is 0 Å². The lowest BCUT2D eigenvalue weighted by Crippen LogP contribution is -2.47. The van der Waals surface area contributed by atoms with Crippen molar-refractivity contribution >= 4 is 29.3 Å². The molecular weight excluding hydrogens is 276 g/mol. The number of hydrogen-bond acceptors (Lipinski definition) is 4. The standard InChI is InChI=1S/C14H18N2O3S/c1-20-7-6-11(14(18)19)16-13(17)12-8-9-4-2-3-5-10(9)15-12/h2-5,11-12,15H,6-8H2,1H3,(H,16,17)(H,18,19)/t11?,12-/m0/s1. The molecule has 2 rings (SSSR count). The number of aliphatic carboxylic acids is 1. The minimum atomic E-state index is -0.983. The van der Waals surface area contributed by atoms with Gasteiger partial charge in [0.25, 0.3) is 0 Å². The van der Waals surface area contributed by atoms with E-state index in [-0.39, 0.29) is 11.9 Å². The smallest absolute Gasteiger partial charge is 0.326 e. The van der Waals surface area contributed by atoms with Gasteiger partial charge in [-0.1, -0.05) is 18.2 Å². The maximum atomic E-state index is 12.1. The zero-order chi connectivity index (χ0) is 14.5. The number of carboxylic acid groups (broad SMARTS) is 1. The fourth-order valence-electron chi connectivity index (χ4n) is 2.22. The number of amides is 1. The minimum absolute atomic E-state index is 0.255. The molecule has 0 bridgehead atoms. The average Bonchev–Trinajstić information content (AvgIpc) is 2.86. The van der Waals surface area contributed by atoms with Crippen molar-refractivity contribution < 1.29 is 14.7 Å². The maximum Gasteiger partial charge on any atom is 0.326 e. The van der Waals surface area contributed by atoms with Crippen LogP contribution in [-0.2, 0) is 16.0 Å². The monoisotopic (exact) mass is 294 g/mol. The number of carbonyl (C=O) groups is 2. The second-order valence-corrected chi connectivity index (χ2v) is 5.72. The average molecular weight is 294 g/mol. The third-order valence-electron chi connectivity index (χ3n) is 3.31. The minimum Gasteiger partial charge on any atom is -0.480 e. The fraction of sp³-hybridized carbons (Fsp3) is 0.429. The Balaban J connectivity index is 1.94. The van der Waals surface area contributed by atoms with Gasteiger partial charge in [-0.3, -0.25) is 4.79 Å². The Morgan fingerprint density at radius 2 is 2.25 bits per heavy atom. The Bertz CT molecular complexity index is 482. The quantitative estimate of drug-likeness (QED) is 0.738. The Kier molecular flexibility index (Phi) is 4.89. The Labute approximate surface area is 122 Å². The molecule has 0 saturated carbocycles. The van der Waals surface area contributed by atoms with Crippen molar-refractivity contribution in [2.24, 2.45) is 0 Å². The first-order chi connectivity index (χ1) is 9.61. The van der Waals surface area contributed by atoms with Gasteiger partial charge in [0.15, 0.2) is 0 Å². The highest BCUT2D eigenvalue weighted by Crippen LogP contribution is 2.25. The van der Waals surface area contributed by atoms with E-state index in [2.05, 4.69) is 10.6 Å². The first-order valence-electron chi connectivity index (χ1n) is 6.48. The third-order valence-corrected chi connectivity index (χ3v) is 3.96. The molecule has 0 aliphatic carbocycles. The molecule has 6 heteroatoms. The summed E-state index contributed by atoms with van der Waals surface area (Å²) in [5, 5.41) is 14.9. The molecule has 20 heavy (non-hydrogen) atoms. The number of nitrogens with one attached hydrogen (secondary N) is 2. The molecule has 1 unspecified atom stereocenters. The second kappa shape index (κ2) is 6.65. The largest absolute Gasteiger partial charge is 0.480 e. The number of thioether (sulfide) groups is 1. The van der Waals surface area contributed by atoms with Crippen LogP contribution < -0.4 is 10.6 Å². The van der Waals surface area contributed by atoms with Crippen LogP contribution >= 0.6 is 11.8 Å². The number of para-hydroxylation sites is 1. The van der Waals surface area contributed by atoms with Crippen LogP contribution in [0.3, 0.4) is 0 Å². The lowest BCUT2D eigenvalue weighted by molar-refractivity contribution is -0.141. The summed E-state index contributed by atoms with van der Waals surface area (Å²) in [5.41, 5.74) is 2.03. The van der Waals surface area contributed by atoms with Gasteiger partial charge >= 0.3 is 5.97 Å². The Morgan fingerprint density at radius 3 is 2.90 bits per heavy atom. The van der Waals surface area contributed by atoms with E-state index < -0.39 is 12.0 Å². The van der Waals surface area contributed by atoms with Crippen LogP contribution in [0.1, 0.15) is 12.0 Å². The molecule has 1 aromatic rings. The Morgan fingerprint density at radius 1 is 1.50 bits per heavy atom. The zero-order valence-electron chi connectivity index (χ0n) is 11.3. The highest BCUT2D eigenvalue weighted by Gasteiger charge is 2.29. The maximum absolute atomic E-state index is 12.1. The van der Waals surface area contributed by atoms with Gasteiger partial charge in [-0.2, -0.15) is 11.8 Å². The van der Waals surface area contributed by atoms with E-state index in [0.717, 1.165) is 11.3 Å². The van der Waals surface area contributed by atoms with Crippen LogP contribution in [0.2, 0.25) is 0 Å². The van der Waals surface area contributed by atoms with E-state index >= 15 is 0 Å². The predicted molar refractivity (Wildman–Crippen MR) is 80.1 cm³/mol. The molecule has 108 valence electrons. The second-order valence-electron chi connectivity index (χ2n) is 4.74. The molecule has 1 amide bonds. The van der Waals surface area contributed by atoms with Crippen LogP contribution in [0.4, 0.5) is 5.69 Å². The van der Waals surface area contributed by atoms with Crippen molar-refractivity contribution in [1.29, 1.82) is 0 Å². The summed E-state index contributed by atoms with van der Waals surface area (Å²) in [6.45, 7) is 0. The summed E-state index contributed by atoms with van der Waals surface area (Å²) in [5.74, 6) is -0.534. The predicted octanol–water partition coefficient (Wildman–Crippen LogP) is 1.35. The lowest BCUT2D eigenvalue weighted by Gasteiger charge is -2.17. The molecule has 1 heterocycles. The number of carboxylic acids is 1. The molecule has 0 fully saturated rings. The molecule has 2 atom stereocenters. The molecule has 0 saturated heterocycles. The number of hydrogen-bond donors (Lipinski definition) is 3.